The second-order valence-corrected chi connectivity index (χ2v) is 0.986. The van der Waals surface area contributed by atoms with E-state index in [2.05, 4.69) is 9.47 Å². The molecule has 0 N–H and O–H groups in total. The molecular formula is C4H11ClO2Ti. The van der Waals surface area contributed by atoms with Crippen molar-refractivity contribution in [2.24, 2.45) is 0 Å². The predicted octanol–water partition coefficient (Wildman–Crippen LogP) is 0.698. The van der Waals surface area contributed by atoms with Crippen LogP contribution < -0.4 is 0 Å². The third-order valence-electron chi connectivity index (χ3n) is 0.492. The smallest absolute Gasteiger partial charge is 0.0696 e. The molecule has 8 heavy (non-hydrogen) atoms. The first-order valence-corrected chi connectivity index (χ1v) is 1.89. The van der Waals surface area contributed by atoms with Crippen molar-refractivity contribution < 1.29 is 31.2 Å². The van der Waals surface area contributed by atoms with Crippen LogP contribution in [0.25, 0.3) is 0 Å². The van der Waals surface area contributed by atoms with Gasteiger partial charge in [-0.2, -0.15) is 0 Å². The van der Waals surface area contributed by atoms with E-state index in [1.54, 1.807) is 14.2 Å². The average Bonchev–Trinajstić information content (AvgIpc) is 1.61. The Bertz CT molecular complexity index is 26.0. The van der Waals surface area contributed by atoms with Crippen molar-refractivity contribution in [3.05, 3.63) is 0 Å². The van der Waals surface area contributed by atoms with Crippen molar-refractivity contribution in [1.29, 1.82) is 0 Å². The van der Waals surface area contributed by atoms with Crippen molar-refractivity contribution >= 4 is 12.4 Å². The molecular weight excluding hydrogens is 163 g/mol. The maximum atomic E-state index is 4.66. The molecule has 0 fully saturated rings. The summed E-state index contributed by atoms with van der Waals surface area (Å²) in [6.07, 6.45) is 0. The molecule has 0 heterocycles. The molecule has 2 nitrogen and oxygen atoms in total. The van der Waals surface area contributed by atoms with Crippen LogP contribution in [0.4, 0.5) is 0 Å². The van der Waals surface area contributed by atoms with Gasteiger partial charge in [-0.3, -0.25) is 0 Å². The fourth-order valence-corrected chi connectivity index (χ4v) is 0.167. The standard InChI is InChI=1S/C4H10O2.ClH.Ti/c1-5-3-4-6-2;;/h3-4H2,1-2H3;1H;. The Kier molecular flexibility index (Phi) is 31.3. The van der Waals surface area contributed by atoms with Crippen LogP contribution >= 0.6 is 12.4 Å². The number of hydrogen-bond donors (Lipinski definition) is 0. The van der Waals surface area contributed by atoms with E-state index in [0.29, 0.717) is 13.2 Å². The zero-order chi connectivity index (χ0) is 4.83. The van der Waals surface area contributed by atoms with Gasteiger partial charge in [-0.1, -0.05) is 0 Å². The first kappa shape index (κ1) is 16.0. The van der Waals surface area contributed by atoms with Gasteiger partial charge in [-0.15, -0.1) is 12.4 Å². The van der Waals surface area contributed by atoms with Crippen molar-refractivity contribution in [1.82, 2.24) is 0 Å². The Morgan fingerprint density at radius 2 is 1.25 bits per heavy atom. The van der Waals surface area contributed by atoms with Gasteiger partial charge in [0.15, 0.2) is 0 Å². The van der Waals surface area contributed by atoms with E-state index in [4.69, 9.17) is 0 Å². The van der Waals surface area contributed by atoms with Gasteiger partial charge in [0.25, 0.3) is 0 Å². The number of rotatable bonds is 3. The van der Waals surface area contributed by atoms with Gasteiger partial charge >= 0.3 is 0 Å². The fourth-order valence-electron chi connectivity index (χ4n) is 0.167. The summed E-state index contributed by atoms with van der Waals surface area (Å²) in [5.41, 5.74) is 0. The molecule has 0 rings (SSSR count). The van der Waals surface area contributed by atoms with E-state index in [1.165, 1.54) is 0 Å². The second kappa shape index (κ2) is 15.7. The molecule has 0 saturated heterocycles. The first-order valence-electron chi connectivity index (χ1n) is 1.89. The van der Waals surface area contributed by atoms with Gasteiger partial charge in [-0.25, -0.2) is 0 Å². The van der Waals surface area contributed by atoms with Crippen LogP contribution in [0.2, 0.25) is 0 Å². The molecule has 0 aromatic rings. The molecule has 0 amide bonds. The topological polar surface area (TPSA) is 18.5 Å². The van der Waals surface area contributed by atoms with Crippen molar-refractivity contribution in [3.8, 4) is 0 Å². The van der Waals surface area contributed by atoms with E-state index < -0.39 is 0 Å². The van der Waals surface area contributed by atoms with Crippen LogP contribution in [0.5, 0.6) is 0 Å². The van der Waals surface area contributed by atoms with Crippen molar-refractivity contribution in [3.63, 3.8) is 0 Å². The summed E-state index contributed by atoms with van der Waals surface area (Å²) in [5, 5.41) is 0. The number of methoxy groups -OCH3 is 2. The van der Waals surface area contributed by atoms with E-state index in [0.717, 1.165) is 0 Å². The van der Waals surface area contributed by atoms with Gasteiger partial charge in [0.1, 0.15) is 0 Å². The van der Waals surface area contributed by atoms with Crippen LogP contribution in [0.3, 0.4) is 0 Å². The number of ether oxygens (including phenoxy) is 2. The molecule has 0 aliphatic carbocycles. The van der Waals surface area contributed by atoms with Crippen LogP contribution in [0.15, 0.2) is 0 Å². The van der Waals surface area contributed by atoms with Crippen molar-refractivity contribution in [2.75, 3.05) is 27.4 Å². The normalized spacial score (nSPS) is 6.75. The summed E-state index contributed by atoms with van der Waals surface area (Å²) < 4.78 is 9.31. The molecule has 0 aliphatic heterocycles. The summed E-state index contributed by atoms with van der Waals surface area (Å²) in [7, 11) is 3.30. The SMILES string of the molecule is COCCOC.Cl.[Ti]. The first-order chi connectivity index (χ1) is 2.91. The number of halogens is 1. The summed E-state index contributed by atoms with van der Waals surface area (Å²) >= 11 is 0. The van der Waals surface area contributed by atoms with Gasteiger partial charge in [0.05, 0.1) is 13.2 Å². The predicted molar refractivity (Wildman–Crippen MR) is 31.0 cm³/mol. The Balaban J connectivity index is -0.000000125. The molecule has 50 valence electrons. The summed E-state index contributed by atoms with van der Waals surface area (Å²) in [6.45, 7) is 1.38. The molecule has 0 saturated carbocycles. The number of hydrogen-bond acceptors (Lipinski definition) is 2. The van der Waals surface area contributed by atoms with E-state index in [1.807, 2.05) is 0 Å². The summed E-state index contributed by atoms with van der Waals surface area (Å²) in [5.74, 6) is 0. The summed E-state index contributed by atoms with van der Waals surface area (Å²) in [4.78, 5) is 0. The van der Waals surface area contributed by atoms with Crippen LogP contribution in [-0.4, -0.2) is 27.4 Å². The van der Waals surface area contributed by atoms with Crippen LogP contribution in [-0.2, 0) is 31.2 Å². The fraction of sp³-hybridized carbons (Fsp3) is 1.00. The van der Waals surface area contributed by atoms with E-state index >= 15 is 0 Å². The van der Waals surface area contributed by atoms with Crippen LogP contribution in [0, 0.1) is 0 Å². The minimum atomic E-state index is 0. The van der Waals surface area contributed by atoms with Crippen LogP contribution in [0.1, 0.15) is 0 Å². The third kappa shape index (κ3) is 15.8. The largest absolute Gasteiger partial charge is 0.382 e. The minimum absolute atomic E-state index is 0. The van der Waals surface area contributed by atoms with Crippen molar-refractivity contribution in [2.45, 2.75) is 0 Å². The van der Waals surface area contributed by atoms with E-state index in [9.17, 15) is 0 Å². The molecule has 0 aliphatic rings. The molecule has 0 aromatic carbocycles. The maximum absolute atomic E-state index is 4.66. The zero-order valence-corrected chi connectivity index (χ0v) is 7.52. The molecule has 0 atom stereocenters. The zero-order valence-electron chi connectivity index (χ0n) is 5.14. The maximum Gasteiger partial charge on any atom is 0.0696 e. The Morgan fingerprint density at radius 1 is 1.00 bits per heavy atom. The molecule has 0 radical (unpaired) electrons. The van der Waals surface area contributed by atoms with Gasteiger partial charge in [-0.05, 0) is 0 Å². The molecule has 0 unspecified atom stereocenters. The van der Waals surface area contributed by atoms with Gasteiger partial charge in [0.2, 0.25) is 0 Å². The van der Waals surface area contributed by atoms with Gasteiger partial charge < -0.3 is 9.47 Å². The quantitative estimate of drug-likeness (QED) is 0.463. The van der Waals surface area contributed by atoms with E-state index in [-0.39, 0.29) is 34.1 Å². The molecule has 0 spiro atoms. The Hall–Kier alpha value is 0.924. The Labute approximate surface area is 71.2 Å². The monoisotopic (exact) mass is 174 g/mol. The third-order valence-corrected chi connectivity index (χ3v) is 0.492. The summed E-state index contributed by atoms with van der Waals surface area (Å²) in [6, 6.07) is 0. The average molecular weight is 174 g/mol. The molecule has 4 heteroatoms. The Morgan fingerprint density at radius 3 is 1.38 bits per heavy atom. The second-order valence-electron chi connectivity index (χ2n) is 0.986. The van der Waals surface area contributed by atoms with Gasteiger partial charge in [0, 0.05) is 35.9 Å². The minimum Gasteiger partial charge on any atom is -0.382 e. The molecule has 0 aromatic heterocycles. The molecule has 0 bridgehead atoms.